The number of aromatic nitrogens is 4. The number of H-pyrrole nitrogens is 1. The van der Waals surface area contributed by atoms with Crippen molar-refractivity contribution in [1.29, 1.82) is 0 Å². The first-order valence-electron chi connectivity index (χ1n) is 12.0. The molecule has 0 spiro atoms. The molecule has 0 radical (unpaired) electrons. The van der Waals surface area contributed by atoms with Crippen molar-refractivity contribution in [2.24, 2.45) is 0 Å². The van der Waals surface area contributed by atoms with Crippen LogP contribution in [-0.2, 0) is 26.1 Å². The van der Waals surface area contributed by atoms with E-state index in [1.54, 1.807) is 4.57 Å². The second-order valence-corrected chi connectivity index (χ2v) is 8.72. The SMILES string of the molecule is CCCn1c(=O)c2[nH]c(CC(C)c3ccc(OCc4ccccc4)cc3)nc2n(CCC)c1=O. The topological polar surface area (TPSA) is 81.9 Å². The van der Waals surface area contributed by atoms with E-state index in [9.17, 15) is 9.59 Å². The predicted octanol–water partition coefficient (Wildman–Crippen LogP) is 4.63. The summed E-state index contributed by atoms with van der Waals surface area (Å²) >= 11 is 0. The minimum absolute atomic E-state index is 0.174. The van der Waals surface area contributed by atoms with Gasteiger partial charge in [-0.2, -0.15) is 0 Å². The summed E-state index contributed by atoms with van der Waals surface area (Å²) in [6.07, 6.45) is 2.14. The molecular weight excluding hydrogens is 428 g/mol. The molecule has 0 aliphatic rings. The van der Waals surface area contributed by atoms with Gasteiger partial charge in [0.1, 0.15) is 23.7 Å². The van der Waals surface area contributed by atoms with Crippen molar-refractivity contribution in [3.8, 4) is 5.75 Å². The lowest BCUT2D eigenvalue weighted by atomic mass is 9.97. The first-order valence-corrected chi connectivity index (χ1v) is 12.0. The van der Waals surface area contributed by atoms with Crippen molar-refractivity contribution in [3.63, 3.8) is 0 Å². The van der Waals surface area contributed by atoms with Gasteiger partial charge in [0.15, 0.2) is 5.65 Å². The van der Waals surface area contributed by atoms with Crippen LogP contribution in [0.2, 0.25) is 0 Å². The molecule has 0 aliphatic heterocycles. The van der Waals surface area contributed by atoms with E-state index in [1.807, 2.05) is 56.3 Å². The Labute approximate surface area is 199 Å². The maximum atomic E-state index is 12.9. The summed E-state index contributed by atoms with van der Waals surface area (Å²) < 4.78 is 8.83. The Morgan fingerprint density at radius 2 is 1.62 bits per heavy atom. The van der Waals surface area contributed by atoms with Crippen molar-refractivity contribution in [2.45, 2.75) is 65.6 Å². The largest absolute Gasteiger partial charge is 0.489 e. The van der Waals surface area contributed by atoms with Gasteiger partial charge in [0.2, 0.25) is 0 Å². The molecule has 0 aliphatic carbocycles. The molecule has 7 heteroatoms. The number of aryl methyl sites for hydroxylation is 1. The number of ether oxygens (including phenoxy) is 1. The van der Waals surface area contributed by atoms with Gasteiger partial charge in [-0.3, -0.25) is 13.9 Å². The molecule has 1 N–H and O–H groups in total. The number of aromatic amines is 1. The van der Waals surface area contributed by atoms with Gasteiger partial charge in [-0.05, 0) is 42.0 Å². The van der Waals surface area contributed by atoms with Crippen molar-refractivity contribution in [1.82, 2.24) is 19.1 Å². The van der Waals surface area contributed by atoms with E-state index >= 15 is 0 Å². The second kappa shape index (κ2) is 10.5. The van der Waals surface area contributed by atoms with Gasteiger partial charge in [0.25, 0.3) is 5.56 Å². The molecule has 34 heavy (non-hydrogen) atoms. The Morgan fingerprint density at radius 3 is 2.29 bits per heavy atom. The molecule has 4 rings (SSSR count). The average Bonchev–Trinajstić information content (AvgIpc) is 3.28. The highest BCUT2D eigenvalue weighted by molar-refractivity contribution is 5.69. The van der Waals surface area contributed by atoms with Gasteiger partial charge in [-0.1, -0.05) is 63.2 Å². The van der Waals surface area contributed by atoms with Gasteiger partial charge in [-0.25, -0.2) is 9.78 Å². The third-order valence-electron chi connectivity index (χ3n) is 6.00. The number of fused-ring (bicyclic) bond motifs is 1. The van der Waals surface area contributed by atoms with E-state index in [0.717, 1.165) is 29.7 Å². The molecule has 1 atom stereocenters. The summed E-state index contributed by atoms with van der Waals surface area (Å²) in [5.74, 6) is 1.71. The summed E-state index contributed by atoms with van der Waals surface area (Å²) in [5.41, 5.74) is 2.58. The number of rotatable bonds is 10. The van der Waals surface area contributed by atoms with Crippen LogP contribution in [0.25, 0.3) is 11.2 Å². The molecule has 0 bridgehead atoms. The fraction of sp³-hybridized carbons (Fsp3) is 0.370. The predicted molar refractivity (Wildman–Crippen MR) is 135 cm³/mol. The molecule has 0 saturated heterocycles. The minimum atomic E-state index is -0.291. The number of hydrogen-bond donors (Lipinski definition) is 1. The Bertz CT molecular complexity index is 1350. The van der Waals surface area contributed by atoms with Crippen LogP contribution in [0.5, 0.6) is 5.75 Å². The summed E-state index contributed by atoms with van der Waals surface area (Å²) in [5, 5.41) is 0. The molecule has 178 valence electrons. The van der Waals surface area contributed by atoms with Crippen LogP contribution in [0, 0.1) is 0 Å². The van der Waals surface area contributed by atoms with Crippen LogP contribution in [0.15, 0.2) is 64.2 Å². The fourth-order valence-corrected chi connectivity index (χ4v) is 4.20. The number of imidazole rings is 1. The van der Waals surface area contributed by atoms with Crippen molar-refractivity contribution < 1.29 is 4.74 Å². The standard InChI is InChI=1S/C27H32N4O3/c1-4-15-30-25-24(26(32)31(16-5-2)27(30)33)28-23(29-25)17-19(3)21-11-13-22(14-12-21)34-18-20-9-7-6-8-10-20/h6-14,19H,4-5,15-18H2,1-3H3,(H,28,29). The van der Waals surface area contributed by atoms with Gasteiger partial charge in [0.05, 0.1) is 0 Å². The fourth-order valence-electron chi connectivity index (χ4n) is 4.20. The van der Waals surface area contributed by atoms with E-state index < -0.39 is 0 Å². The summed E-state index contributed by atoms with van der Waals surface area (Å²) in [7, 11) is 0. The zero-order chi connectivity index (χ0) is 24.1. The van der Waals surface area contributed by atoms with E-state index in [2.05, 4.69) is 29.0 Å². The van der Waals surface area contributed by atoms with Gasteiger partial charge in [0, 0.05) is 19.5 Å². The Balaban J connectivity index is 1.52. The first kappa shape index (κ1) is 23.5. The number of nitrogens with zero attached hydrogens (tertiary/aromatic N) is 3. The molecule has 4 aromatic rings. The zero-order valence-corrected chi connectivity index (χ0v) is 20.1. The third kappa shape index (κ3) is 4.98. The maximum absolute atomic E-state index is 12.9. The molecule has 2 aromatic heterocycles. The molecular formula is C27H32N4O3. The normalized spacial score (nSPS) is 12.2. The van der Waals surface area contributed by atoms with Crippen LogP contribution in [0.4, 0.5) is 0 Å². The van der Waals surface area contributed by atoms with E-state index in [0.29, 0.717) is 43.1 Å². The van der Waals surface area contributed by atoms with Gasteiger partial charge < -0.3 is 9.72 Å². The van der Waals surface area contributed by atoms with Crippen LogP contribution in [0.1, 0.15) is 56.5 Å². The number of hydrogen-bond acceptors (Lipinski definition) is 4. The lowest BCUT2D eigenvalue weighted by Crippen LogP contribution is -2.40. The van der Waals surface area contributed by atoms with E-state index in [-0.39, 0.29) is 17.2 Å². The van der Waals surface area contributed by atoms with Gasteiger partial charge >= 0.3 is 5.69 Å². The summed E-state index contributed by atoms with van der Waals surface area (Å²) in [4.78, 5) is 33.7. The van der Waals surface area contributed by atoms with E-state index in [1.165, 1.54) is 4.57 Å². The van der Waals surface area contributed by atoms with Crippen molar-refractivity contribution in [3.05, 3.63) is 92.4 Å². The van der Waals surface area contributed by atoms with Crippen molar-refractivity contribution in [2.75, 3.05) is 0 Å². The Hall–Kier alpha value is -3.61. The number of benzene rings is 2. The van der Waals surface area contributed by atoms with Crippen LogP contribution in [-0.4, -0.2) is 19.1 Å². The summed E-state index contributed by atoms with van der Waals surface area (Å²) in [6, 6.07) is 18.2. The molecule has 0 saturated carbocycles. The van der Waals surface area contributed by atoms with E-state index in [4.69, 9.17) is 4.74 Å². The second-order valence-electron chi connectivity index (χ2n) is 8.72. The highest BCUT2D eigenvalue weighted by Crippen LogP contribution is 2.23. The van der Waals surface area contributed by atoms with Crippen molar-refractivity contribution >= 4 is 11.2 Å². The summed E-state index contributed by atoms with van der Waals surface area (Å²) in [6.45, 7) is 7.56. The number of nitrogens with one attached hydrogen (secondary N) is 1. The highest BCUT2D eigenvalue weighted by atomic mass is 16.5. The maximum Gasteiger partial charge on any atom is 0.332 e. The lowest BCUT2D eigenvalue weighted by molar-refractivity contribution is 0.306. The van der Waals surface area contributed by atoms with Crippen LogP contribution in [0.3, 0.4) is 0 Å². The van der Waals surface area contributed by atoms with Crippen LogP contribution >= 0.6 is 0 Å². The third-order valence-corrected chi connectivity index (χ3v) is 6.00. The monoisotopic (exact) mass is 460 g/mol. The molecule has 1 unspecified atom stereocenters. The highest BCUT2D eigenvalue weighted by Gasteiger charge is 2.18. The zero-order valence-electron chi connectivity index (χ0n) is 20.1. The Morgan fingerprint density at radius 1 is 0.941 bits per heavy atom. The smallest absolute Gasteiger partial charge is 0.332 e. The molecule has 2 aromatic carbocycles. The quantitative estimate of drug-likeness (QED) is 0.374. The Kier molecular flexibility index (Phi) is 7.30. The van der Waals surface area contributed by atoms with Gasteiger partial charge in [-0.15, -0.1) is 0 Å². The molecule has 2 heterocycles. The molecule has 7 nitrogen and oxygen atoms in total. The molecule has 0 fully saturated rings. The first-order chi connectivity index (χ1) is 16.5. The van der Waals surface area contributed by atoms with Crippen LogP contribution < -0.4 is 16.0 Å². The average molecular weight is 461 g/mol. The lowest BCUT2D eigenvalue weighted by Gasteiger charge is -2.12. The minimum Gasteiger partial charge on any atom is -0.489 e. The molecule has 0 amide bonds.